The van der Waals surface area contributed by atoms with Crippen LogP contribution in [0.2, 0.25) is 5.02 Å². The number of piperazine rings is 1. The molecule has 1 aliphatic carbocycles. The molecular formula is C55H72ClN9O6S. The molecule has 17 heteroatoms. The highest BCUT2D eigenvalue weighted by Gasteiger charge is 2.61. The van der Waals surface area contributed by atoms with Gasteiger partial charge in [0, 0.05) is 56.9 Å². The Morgan fingerprint density at radius 1 is 0.972 bits per heavy atom. The minimum Gasteiger partial charge on any atom is -0.391 e. The van der Waals surface area contributed by atoms with Crippen molar-refractivity contribution in [1.29, 1.82) is 5.26 Å². The first-order valence-electron chi connectivity index (χ1n) is 25.0. The zero-order chi connectivity index (χ0) is 52.4. The number of hydrogen-bond acceptors (Lipinski definition) is 12. The SMILES string of the molecule is Cc1ncsc1-c1ccc([C@H](C)NC(=O)[C@@H]2C[C@@H](O)CN2C(=O)[C@@H](NC(=O)COCCN2C[C@@H](C)N(c3ccc(C(=O)NC4C(C)(C)C(Cc5ccc(C#N)c(Cl)c5)C4(C)C)cn3)[C@@H](C)C2)C(C)(C)C)cc1. The molecule has 0 spiro atoms. The molecule has 4 heterocycles. The Morgan fingerprint density at radius 3 is 2.24 bits per heavy atom. The molecule has 15 nitrogen and oxygen atoms in total. The summed E-state index contributed by atoms with van der Waals surface area (Å²) >= 11 is 7.92. The summed E-state index contributed by atoms with van der Waals surface area (Å²) in [6, 6.07) is 17.3. The molecule has 2 saturated heterocycles. The number of likely N-dealkylation sites (tertiary alicyclic amines) is 1. The smallest absolute Gasteiger partial charge is 0.253 e. The number of β-amino-alcohol motifs (C(OH)–C–C–N with tert-alkyl or cyclic N) is 1. The third kappa shape index (κ3) is 11.8. The maximum Gasteiger partial charge on any atom is 0.253 e. The van der Waals surface area contributed by atoms with Gasteiger partial charge in [0.2, 0.25) is 17.7 Å². The predicted octanol–water partition coefficient (Wildman–Crippen LogP) is 7.35. The van der Waals surface area contributed by atoms with Crippen molar-refractivity contribution in [2.45, 2.75) is 131 Å². The Labute approximate surface area is 434 Å². The van der Waals surface area contributed by atoms with Crippen LogP contribution in [0.25, 0.3) is 10.4 Å². The number of nitrogens with zero attached hydrogens (tertiary/aromatic N) is 6. The van der Waals surface area contributed by atoms with E-state index in [9.17, 15) is 29.5 Å². The van der Waals surface area contributed by atoms with Gasteiger partial charge in [-0.05, 0) is 97.2 Å². The number of carbonyl (C=O) groups is 4. The van der Waals surface area contributed by atoms with Crippen molar-refractivity contribution in [2.75, 3.05) is 44.3 Å². The van der Waals surface area contributed by atoms with E-state index in [-0.39, 0.29) is 72.3 Å². The molecule has 4 N–H and O–H groups in total. The van der Waals surface area contributed by atoms with Crippen LogP contribution in [-0.4, -0.2) is 124 Å². The summed E-state index contributed by atoms with van der Waals surface area (Å²) < 4.78 is 5.88. The topological polar surface area (TPSA) is 193 Å². The van der Waals surface area contributed by atoms with Gasteiger partial charge in [-0.3, -0.25) is 24.1 Å². The Kier molecular flexibility index (Phi) is 16.6. The van der Waals surface area contributed by atoms with Crippen LogP contribution in [0.4, 0.5) is 5.82 Å². The maximum absolute atomic E-state index is 14.2. The first kappa shape index (κ1) is 54.3. The fraction of sp³-hybridized carbons (Fsp3) is 0.545. The van der Waals surface area contributed by atoms with Gasteiger partial charge in [0.25, 0.3) is 5.91 Å². The Hall–Kier alpha value is -5.44. The molecule has 2 aromatic heterocycles. The van der Waals surface area contributed by atoms with Crippen molar-refractivity contribution in [3.05, 3.63) is 99.3 Å². The lowest BCUT2D eigenvalue weighted by atomic mass is 9.43. The Bertz CT molecular complexity index is 2620. The molecule has 7 rings (SSSR count). The highest BCUT2D eigenvalue weighted by Crippen LogP contribution is 2.60. The number of thiazole rings is 1. The molecule has 0 bridgehead atoms. The van der Waals surface area contributed by atoms with Gasteiger partial charge in [0.1, 0.15) is 30.6 Å². The van der Waals surface area contributed by atoms with Crippen molar-refractivity contribution in [2.24, 2.45) is 22.2 Å². The number of amides is 4. The van der Waals surface area contributed by atoms with Crippen LogP contribution in [-0.2, 0) is 25.5 Å². The van der Waals surface area contributed by atoms with Crippen molar-refractivity contribution < 1.29 is 29.0 Å². The van der Waals surface area contributed by atoms with Crippen molar-refractivity contribution in [1.82, 2.24) is 35.7 Å². The quantitative estimate of drug-likeness (QED) is 0.0821. The molecule has 2 aromatic carbocycles. The number of pyridine rings is 1. The first-order valence-corrected chi connectivity index (χ1v) is 26.3. The lowest BCUT2D eigenvalue weighted by Gasteiger charge is -2.64. The van der Waals surface area contributed by atoms with Crippen molar-refractivity contribution in [3.8, 4) is 16.5 Å². The normalized spacial score (nSPS) is 23.6. The second-order valence-electron chi connectivity index (χ2n) is 22.4. The fourth-order valence-corrected chi connectivity index (χ4v) is 12.7. The molecule has 6 atom stereocenters. The number of rotatable bonds is 16. The number of ether oxygens (including phenoxy) is 1. The number of halogens is 1. The lowest BCUT2D eigenvalue weighted by Crippen LogP contribution is -2.70. The van der Waals surface area contributed by atoms with E-state index in [0.29, 0.717) is 29.3 Å². The molecular weight excluding hydrogens is 950 g/mol. The van der Waals surface area contributed by atoms with E-state index in [1.54, 1.807) is 23.6 Å². The number of hydrogen-bond donors (Lipinski definition) is 4. The summed E-state index contributed by atoms with van der Waals surface area (Å²) in [5, 5.41) is 29.7. The zero-order valence-electron chi connectivity index (χ0n) is 43.6. The fourth-order valence-electron chi connectivity index (χ4n) is 11.7. The average molecular weight is 1020 g/mol. The van der Waals surface area contributed by atoms with Gasteiger partial charge < -0.3 is 35.6 Å². The summed E-state index contributed by atoms with van der Waals surface area (Å²) in [6.07, 6.45) is 1.65. The number of benzene rings is 2. The molecule has 0 radical (unpaired) electrons. The average Bonchev–Trinajstić information content (AvgIpc) is 3.94. The Balaban J connectivity index is 0.860. The number of aliphatic hydroxyl groups is 1. The number of aromatic nitrogens is 2. The van der Waals surface area contributed by atoms with E-state index in [1.807, 2.05) is 88.7 Å². The van der Waals surface area contributed by atoms with Gasteiger partial charge in [-0.2, -0.15) is 5.26 Å². The third-order valence-corrected chi connectivity index (χ3v) is 16.6. The van der Waals surface area contributed by atoms with Gasteiger partial charge >= 0.3 is 0 Å². The van der Waals surface area contributed by atoms with Gasteiger partial charge in [0.05, 0.1) is 51.0 Å². The van der Waals surface area contributed by atoms with E-state index in [2.05, 4.69) is 78.3 Å². The molecule has 4 aromatic rings. The maximum atomic E-state index is 14.2. The minimum absolute atomic E-state index is 0.0186. The molecule has 386 valence electrons. The first-order chi connectivity index (χ1) is 33.9. The number of aliphatic hydroxyl groups excluding tert-OH is 1. The highest BCUT2D eigenvalue weighted by atomic mass is 35.5. The van der Waals surface area contributed by atoms with Crippen LogP contribution in [0.3, 0.4) is 0 Å². The second kappa shape index (κ2) is 22.0. The summed E-state index contributed by atoms with van der Waals surface area (Å²) in [4.78, 5) is 71.1. The van der Waals surface area contributed by atoms with Crippen LogP contribution in [0, 0.1) is 40.4 Å². The standard InChI is InChI=1S/C55H72ClN9O6S/c1-32-27-63(28-33(2)65(32)45-19-18-40(26-58-45)49(68)62-52-54(8,9)44(55(52,10)11)23-36-12-13-39(25-57)42(56)22-36)20-21-71-30-46(67)61-48(53(5,6)7)51(70)64-29-41(66)24-43(64)50(69)60-34(3)37-14-16-38(17-15-37)47-35(4)59-31-72-47/h12-19,22,26,31-34,41,43-44,48,52,66H,20-21,23-24,27-30H2,1-11H3,(H,60,69)(H,61,67)(H,62,68)/t32-,33+,34-,41+,43-,44?,48+,52?/m0/s1. The minimum atomic E-state index is -0.969. The lowest BCUT2D eigenvalue weighted by molar-refractivity contribution is -0.144. The largest absolute Gasteiger partial charge is 0.391 e. The third-order valence-electron chi connectivity index (χ3n) is 15.3. The molecule has 1 saturated carbocycles. The van der Waals surface area contributed by atoms with Gasteiger partial charge in [0.15, 0.2) is 0 Å². The monoisotopic (exact) mass is 1020 g/mol. The summed E-state index contributed by atoms with van der Waals surface area (Å²) in [7, 11) is 0. The van der Waals surface area contributed by atoms with Gasteiger partial charge in [-0.15, -0.1) is 11.3 Å². The number of nitrogens with one attached hydrogen (secondary N) is 3. The predicted molar refractivity (Wildman–Crippen MR) is 281 cm³/mol. The number of carbonyl (C=O) groups excluding carboxylic acids is 4. The van der Waals surface area contributed by atoms with Crippen LogP contribution in [0.5, 0.6) is 0 Å². The molecule has 0 unspecified atom stereocenters. The van der Waals surface area contributed by atoms with Gasteiger partial charge in [-0.25, -0.2) is 9.97 Å². The van der Waals surface area contributed by atoms with Crippen LogP contribution < -0.4 is 20.9 Å². The van der Waals surface area contributed by atoms with E-state index in [4.69, 9.17) is 21.3 Å². The summed E-state index contributed by atoms with van der Waals surface area (Å²) in [5.41, 5.74) is 5.68. The molecule has 72 heavy (non-hydrogen) atoms. The Morgan fingerprint density at radius 2 is 1.65 bits per heavy atom. The summed E-state index contributed by atoms with van der Waals surface area (Å²) in [5.74, 6) is -0.339. The summed E-state index contributed by atoms with van der Waals surface area (Å²) in [6.45, 7) is 24.6. The number of aryl methyl sites for hydroxylation is 1. The second-order valence-corrected chi connectivity index (χ2v) is 23.7. The van der Waals surface area contributed by atoms with Crippen molar-refractivity contribution >= 4 is 52.4 Å². The number of nitriles is 1. The van der Waals surface area contributed by atoms with E-state index < -0.39 is 35.4 Å². The van der Waals surface area contributed by atoms with E-state index in [0.717, 1.165) is 52.6 Å². The number of anilines is 1. The molecule has 3 fully saturated rings. The van der Waals surface area contributed by atoms with E-state index >= 15 is 0 Å². The van der Waals surface area contributed by atoms with Crippen molar-refractivity contribution in [3.63, 3.8) is 0 Å². The molecule has 4 amide bonds. The highest BCUT2D eigenvalue weighted by molar-refractivity contribution is 7.13. The van der Waals surface area contributed by atoms with Crippen LogP contribution >= 0.6 is 22.9 Å². The van der Waals surface area contributed by atoms with Gasteiger partial charge in [-0.1, -0.05) is 90.4 Å². The van der Waals surface area contributed by atoms with Crippen LogP contribution in [0.15, 0.2) is 66.3 Å². The van der Waals surface area contributed by atoms with E-state index in [1.165, 1.54) is 4.90 Å². The zero-order valence-corrected chi connectivity index (χ0v) is 45.2. The van der Waals surface area contributed by atoms with Crippen LogP contribution in [0.1, 0.15) is 114 Å². The molecule has 2 aliphatic heterocycles. The molecule has 3 aliphatic rings.